The van der Waals surface area contributed by atoms with E-state index in [0.717, 1.165) is 32.5 Å². The van der Waals surface area contributed by atoms with Crippen molar-refractivity contribution in [2.24, 2.45) is 7.05 Å². The first-order valence-electron chi connectivity index (χ1n) is 7.78. The maximum atomic E-state index is 12.8. The molecule has 0 aliphatic rings. The number of pyridine rings is 1. The molecule has 0 saturated heterocycles. The molecular weight excluding hydrogens is 384 g/mol. The van der Waals surface area contributed by atoms with E-state index in [-0.39, 0.29) is 5.91 Å². The van der Waals surface area contributed by atoms with Gasteiger partial charge in [-0.2, -0.15) is 5.10 Å². The van der Waals surface area contributed by atoms with Crippen LogP contribution in [0.5, 0.6) is 5.75 Å². The summed E-state index contributed by atoms with van der Waals surface area (Å²) < 4.78 is 8.04. The predicted molar refractivity (Wildman–Crippen MR) is 99.7 cm³/mol. The van der Waals surface area contributed by atoms with Crippen LogP contribution in [-0.2, 0) is 13.6 Å². The molecule has 130 valence electrons. The van der Waals surface area contributed by atoms with E-state index in [9.17, 15) is 4.79 Å². The molecule has 0 aliphatic carbocycles. The number of rotatable bonds is 4. The molecule has 0 atom stereocenters. The first-order chi connectivity index (χ1) is 11.9. The molecule has 3 rings (SSSR count). The van der Waals surface area contributed by atoms with E-state index in [1.165, 1.54) is 0 Å². The van der Waals surface area contributed by atoms with Crippen molar-refractivity contribution in [2.45, 2.75) is 13.5 Å². The number of hydrogen-bond donors (Lipinski definition) is 0. The molecule has 7 heteroatoms. The average molecular weight is 403 g/mol. The van der Waals surface area contributed by atoms with E-state index in [0.29, 0.717) is 12.1 Å². The van der Waals surface area contributed by atoms with Gasteiger partial charge in [0.2, 0.25) is 0 Å². The first-order valence-corrected chi connectivity index (χ1v) is 8.57. The zero-order chi connectivity index (χ0) is 18.1. The van der Waals surface area contributed by atoms with Gasteiger partial charge in [0.05, 0.1) is 18.4 Å². The Kier molecular flexibility index (Phi) is 4.76. The number of hydrogen-bond acceptors (Lipinski definition) is 4. The minimum Gasteiger partial charge on any atom is -0.496 e. The lowest BCUT2D eigenvalue weighted by atomic mass is 10.1. The Morgan fingerprint density at radius 1 is 1.36 bits per heavy atom. The summed E-state index contributed by atoms with van der Waals surface area (Å²) in [5.74, 6) is 0.652. The number of amides is 1. The Bertz CT molecular complexity index is 952. The third-order valence-electron chi connectivity index (χ3n) is 4.11. The normalized spacial score (nSPS) is 10.9. The highest BCUT2D eigenvalue weighted by atomic mass is 79.9. The van der Waals surface area contributed by atoms with Crippen molar-refractivity contribution in [3.05, 3.63) is 51.8 Å². The van der Waals surface area contributed by atoms with Crippen LogP contribution in [-0.4, -0.2) is 39.7 Å². The number of halogens is 1. The maximum absolute atomic E-state index is 12.8. The highest BCUT2D eigenvalue weighted by Gasteiger charge is 2.17. The fourth-order valence-electron chi connectivity index (χ4n) is 2.84. The van der Waals surface area contributed by atoms with E-state index >= 15 is 0 Å². The number of benzene rings is 1. The molecule has 0 saturated carbocycles. The van der Waals surface area contributed by atoms with Crippen LogP contribution in [0.3, 0.4) is 0 Å². The van der Waals surface area contributed by atoms with Crippen molar-refractivity contribution in [3.63, 3.8) is 0 Å². The SMILES string of the molecule is COc1ccc(Br)cc1CN(C)C(=O)c1cnc2c(c1)c(C)nn2C. The Morgan fingerprint density at radius 2 is 2.12 bits per heavy atom. The molecule has 6 nitrogen and oxygen atoms in total. The van der Waals surface area contributed by atoms with Gasteiger partial charge in [-0.1, -0.05) is 15.9 Å². The van der Waals surface area contributed by atoms with E-state index in [2.05, 4.69) is 26.0 Å². The molecule has 0 bridgehead atoms. The van der Waals surface area contributed by atoms with E-state index in [1.807, 2.05) is 38.2 Å². The smallest absolute Gasteiger partial charge is 0.255 e. The number of carbonyl (C=O) groups is 1. The second-order valence-corrected chi connectivity index (χ2v) is 6.84. The zero-order valence-electron chi connectivity index (χ0n) is 14.6. The molecule has 0 fully saturated rings. The van der Waals surface area contributed by atoms with Crippen LogP contribution in [0.2, 0.25) is 0 Å². The summed E-state index contributed by atoms with van der Waals surface area (Å²) in [5.41, 5.74) is 3.10. The summed E-state index contributed by atoms with van der Waals surface area (Å²) in [6.07, 6.45) is 1.60. The molecule has 0 N–H and O–H groups in total. The lowest BCUT2D eigenvalue weighted by molar-refractivity contribution is 0.0784. The lowest BCUT2D eigenvalue weighted by Crippen LogP contribution is -2.26. The molecule has 2 aromatic heterocycles. The fraction of sp³-hybridized carbons (Fsp3) is 0.278. The summed E-state index contributed by atoms with van der Waals surface area (Å²) in [6, 6.07) is 7.59. The number of aryl methyl sites for hydroxylation is 2. The predicted octanol–water partition coefficient (Wildman–Crippen LogP) is 3.32. The fourth-order valence-corrected chi connectivity index (χ4v) is 3.25. The standard InChI is InChI=1S/C18H19BrN4O2/c1-11-15-8-12(9-20-17(15)23(3)21-11)18(24)22(2)10-13-7-14(19)5-6-16(13)25-4/h5-9H,10H2,1-4H3. The van der Waals surface area contributed by atoms with Gasteiger partial charge in [-0.25, -0.2) is 4.98 Å². The molecule has 2 heterocycles. The van der Waals surface area contributed by atoms with Gasteiger partial charge in [0.1, 0.15) is 5.75 Å². The third-order valence-corrected chi connectivity index (χ3v) is 4.60. The van der Waals surface area contributed by atoms with E-state index < -0.39 is 0 Å². The largest absolute Gasteiger partial charge is 0.496 e. The second-order valence-electron chi connectivity index (χ2n) is 5.92. The van der Waals surface area contributed by atoms with Crippen LogP contribution in [0.15, 0.2) is 34.9 Å². The summed E-state index contributed by atoms with van der Waals surface area (Å²) in [5, 5.41) is 5.23. The van der Waals surface area contributed by atoms with Gasteiger partial charge in [-0.15, -0.1) is 0 Å². The molecule has 0 spiro atoms. The van der Waals surface area contributed by atoms with Crippen LogP contribution >= 0.6 is 15.9 Å². The Hall–Kier alpha value is -2.41. The third kappa shape index (κ3) is 3.37. The number of ether oxygens (including phenoxy) is 1. The molecular formula is C18H19BrN4O2. The first kappa shape index (κ1) is 17.4. The van der Waals surface area contributed by atoms with Crippen molar-refractivity contribution in [2.75, 3.05) is 14.2 Å². The minimum atomic E-state index is -0.0975. The number of carbonyl (C=O) groups excluding carboxylic acids is 1. The van der Waals surface area contributed by atoms with Crippen molar-refractivity contribution in [3.8, 4) is 5.75 Å². The molecule has 1 amide bonds. The number of methoxy groups -OCH3 is 1. The van der Waals surface area contributed by atoms with Crippen LogP contribution < -0.4 is 4.74 Å². The number of aromatic nitrogens is 3. The van der Waals surface area contributed by atoms with Gasteiger partial charge in [-0.3, -0.25) is 9.48 Å². The maximum Gasteiger partial charge on any atom is 0.255 e. The molecule has 0 radical (unpaired) electrons. The van der Waals surface area contributed by atoms with Gasteiger partial charge < -0.3 is 9.64 Å². The highest BCUT2D eigenvalue weighted by Crippen LogP contribution is 2.25. The lowest BCUT2D eigenvalue weighted by Gasteiger charge is -2.19. The highest BCUT2D eigenvalue weighted by molar-refractivity contribution is 9.10. The quantitative estimate of drug-likeness (QED) is 0.671. The van der Waals surface area contributed by atoms with Crippen LogP contribution in [0.1, 0.15) is 21.6 Å². The van der Waals surface area contributed by atoms with Crippen molar-refractivity contribution < 1.29 is 9.53 Å². The zero-order valence-corrected chi connectivity index (χ0v) is 16.2. The van der Waals surface area contributed by atoms with E-state index in [4.69, 9.17) is 4.74 Å². The summed E-state index contributed by atoms with van der Waals surface area (Å²) >= 11 is 3.46. The topological polar surface area (TPSA) is 60.2 Å². The number of fused-ring (bicyclic) bond motifs is 1. The summed E-state index contributed by atoms with van der Waals surface area (Å²) in [7, 11) is 5.23. The van der Waals surface area contributed by atoms with Gasteiger partial charge in [-0.05, 0) is 31.2 Å². The Labute approximate surface area is 154 Å². The molecule has 25 heavy (non-hydrogen) atoms. The van der Waals surface area contributed by atoms with Crippen LogP contribution in [0, 0.1) is 6.92 Å². The Morgan fingerprint density at radius 3 is 2.84 bits per heavy atom. The van der Waals surface area contributed by atoms with Crippen LogP contribution in [0.4, 0.5) is 0 Å². The molecule has 0 unspecified atom stereocenters. The second kappa shape index (κ2) is 6.84. The molecule has 1 aromatic carbocycles. The summed E-state index contributed by atoms with van der Waals surface area (Å²) in [6.45, 7) is 2.35. The van der Waals surface area contributed by atoms with Gasteiger partial charge in [0.25, 0.3) is 5.91 Å². The van der Waals surface area contributed by atoms with Crippen molar-refractivity contribution >= 4 is 32.9 Å². The van der Waals surface area contributed by atoms with Gasteiger partial charge >= 0.3 is 0 Å². The average Bonchev–Trinajstić information content (AvgIpc) is 2.88. The van der Waals surface area contributed by atoms with Gasteiger partial charge in [0, 0.05) is 42.3 Å². The monoisotopic (exact) mass is 402 g/mol. The summed E-state index contributed by atoms with van der Waals surface area (Å²) in [4.78, 5) is 18.8. The van der Waals surface area contributed by atoms with Crippen molar-refractivity contribution in [1.29, 1.82) is 0 Å². The molecule has 0 aliphatic heterocycles. The van der Waals surface area contributed by atoms with Crippen molar-refractivity contribution in [1.82, 2.24) is 19.7 Å². The van der Waals surface area contributed by atoms with Gasteiger partial charge in [0.15, 0.2) is 5.65 Å². The molecule has 3 aromatic rings. The van der Waals surface area contributed by atoms with Crippen LogP contribution in [0.25, 0.3) is 11.0 Å². The Balaban J connectivity index is 1.88. The van der Waals surface area contributed by atoms with E-state index in [1.54, 1.807) is 29.9 Å². The minimum absolute atomic E-state index is 0.0975. The number of nitrogens with zero attached hydrogens (tertiary/aromatic N) is 4.